The SMILES string of the molecule is CC(C)C[C@H](N)C(=O)NCC(C)Oc1ccc(F)cc1.Cl. The molecule has 0 bridgehead atoms. The molecule has 1 aromatic rings. The van der Waals surface area contributed by atoms with Crippen LogP contribution in [0.5, 0.6) is 5.75 Å². The molecule has 1 unspecified atom stereocenters. The van der Waals surface area contributed by atoms with Gasteiger partial charge in [0, 0.05) is 0 Å². The van der Waals surface area contributed by atoms with Crippen LogP contribution in [-0.2, 0) is 4.79 Å². The first-order valence-corrected chi connectivity index (χ1v) is 6.84. The number of hydrogen-bond acceptors (Lipinski definition) is 3. The second-order valence-corrected chi connectivity index (χ2v) is 5.36. The van der Waals surface area contributed by atoms with E-state index in [-0.39, 0.29) is 30.2 Å². The molecule has 0 saturated carbocycles. The average molecular weight is 319 g/mol. The molecule has 1 amide bonds. The predicted octanol–water partition coefficient (Wildman–Crippen LogP) is 2.50. The fraction of sp³-hybridized carbons (Fsp3) is 0.533. The summed E-state index contributed by atoms with van der Waals surface area (Å²) in [7, 11) is 0. The lowest BCUT2D eigenvalue weighted by Gasteiger charge is -2.18. The Hall–Kier alpha value is -1.33. The first-order valence-electron chi connectivity index (χ1n) is 6.84. The van der Waals surface area contributed by atoms with Crippen molar-refractivity contribution >= 4 is 18.3 Å². The minimum atomic E-state index is -0.493. The number of halogens is 2. The Morgan fingerprint density at radius 1 is 1.29 bits per heavy atom. The zero-order chi connectivity index (χ0) is 15.1. The fourth-order valence-corrected chi connectivity index (χ4v) is 1.78. The molecule has 0 heterocycles. The Labute approximate surface area is 131 Å². The van der Waals surface area contributed by atoms with Crippen molar-refractivity contribution in [3.8, 4) is 5.75 Å². The third-order valence-corrected chi connectivity index (χ3v) is 2.78. The zero-order valence-electron chi connectivity index (χ0n) is 12.6. The van der Waals surface area contributed by atoms with Crippen molar-refractivity contribution < 1.29 is 13.9 Å². The zero-order valence-corrected chi connectivity index (χ0v) is 13.5. The number of amides is 1. The Morgan fingerprint density at radius 3 is 2.38 bits per heavy atom. The third-order valence-electron chi connectivity index (χ3n) is 2.78. The van der Waals surface area contributed by atoms with E-state index in [1.54, 1.807) is 12.1 Å². The first-order chi connectivity index (χ1) is 9.38. The molecule has 0 aliphatic rings. The summed E-state index contributed by atoms with van der Waals surface area (Å²) in [5, 5.41) is 2.76. The highest BCUT2D eigenvalue weighted by atomic mass is 35.5. The van der Waals surface area contributed by atoms with Crippen LogP contribution in [0, 0.1) is 11.7 Å². The summed E-state index contributed by atoms with van der Waals surface area (Å²) in [6, 6.07) is 5.28. The fourth-order valence-electron chi connectivity index (χ4n) is 1.78. The predicted molar refractivity (Wildman–Crippen MR) is 84.2 cm³/mol. The monoisotopic (exact) mass is 318 g/mol. The van der Waals surface area contributed by atoms with E-state index in [2.05, 4.69) is 5.32 Å². The maximum absolute atomic E-state index is 12.7. The number of ether oxygens (including phenoxy) is 1. The molecule has 0 spiro atoms. The molecule has 120 valence electrons. The van der Waals surface area contributed by atoms with Gasteiger partial charge in [-0.15, -0.1) is 12.4 Å². The lowest BCUT2D eigenvalue weighted by atomic mass is 10.0. The maximum atomic E-state index is 12.7. The van der Waals surface area contributed by atoms with Crippen molar-refractivity contribution in [2.45, 2.75) is 39.3 Å². The van der Waals surface area contributed by atoms with Crippen LogP contribution in [0.3, 0.4) is 0 Å². The van der Waals surface area contributed by atoms with Gasteiger partial charge in [-0.25, -0.2) is 4.39 Å². The van der Waals surface area contributed by atoms with Crippen molar-refractivity contribution in [2.24, 2.45) is 11.7 Å². The van der Waals surface area contributed by atoms with E-state index in [1.807, 2.05) is 20.8 Å². The molecule has 0 aliphatic heterocycles. The largest absolute Gasteiger partial charge is 0.489 e. The minimum absolute atomic E-state index is 0. The number of carbonyl (C=O) groups excluding carboxylic acids is 1. The number of carbonyl (C=O) groups is 1. The molecule has 2 atom stereocenters. The van der Waals surface area contributed by atoms with Gasteiger partial charge >= 0.3 is 0 Å². The summed E-state index contributed by atoms with van der Waals surface area (Å²) in [5.41, 5.74) is 5.78. The van der Waals surface area contributed by atoms with E-state index in [4.69, 9.17) is 10.5 Å². The van der Waals surface area contributed by atoms with Crippen molar-refractivity contribution in [1.29, 1.82) is 0 Å². The van der Waals surface area contributed by atoms with Crippen molar-refractivity contribution in [3.63, 3.8) is 0 Å². The van der Waals surface area contributed by atoms with Crippen LogP contribution in [0.15, 0.2) is 24.3 Å². The van der Waals surface area contributed by atoms with E-state index in [0.717, 1.165) is 0 Å². The van der Waals surface area contributed by atoms with E-state index >= 15 is 0 Å². The quantitative estimate of drug-likeness (QED) is 0.812. The molecule has 6 heteroatoms. The van der Waals surface area contributed by atoms with Crippen molar-refractivity contribution in [1.82, 2.24) is 5.32 Å². The molecule has 1 rings (SSSR count). The number of nitrogens with two attached hydrogens (primary N) is 1. The summed E-state index contributed by atoms with van der Waals surface area (Å²) in [6.45, 7) is 6.24. The average Bonchev–Trinajstić information content (AvgIpc) is 2.38. The summed E-state index contributed by atoms with van der Waals surface area (Å²) >= 11 is 0. The molecule has 3 N–H and O–H groups in total. The van der Waals surface area contributed by atoms with E-state index < -0.39 is 6.04 Å². The highest BCUT2D eigenvalue weighted by Gasteiger charge is 2.15. The Bertz CT molecular complexity index is 426. The topological polar surface area (TPSA) is 64.4 Å². The lowest BCUT2D eigenvalue weighted by molar-refractivity contribution is -0.123. The van der Waals surface area contributed by atoms with Gasteiger partial charge in [-0.05, 0) is 43.5 Å². The van der Waals surface area contributed by atoms with Gasteiger partial charge in [0.25, 0.3) is 0 Å². The number of rotatable bonds is 7. The molecule has 0 fully saturated rings. The smallest absolute Gasteiger partial charge is 0.237 e. The Kier molecular flexibility index (Phi) is 8.97. The molecule has 0 saturated heterocycles. The van der Waals surface area contributed by atoms with Crippen LogP contribution in [0.1, 0.15) is 27.2 Å². The van der Waals surface area contributed by atoms with Gasteiger partial charge in [-0.3, -0.25) is 4.79 Å². The van der Waals surface area contributed by atoms with Crippen molar-refractivity contribution in [2.75, 3.05) is 6.54 Å². The summed E-state index contributed by atoms with van der Waals surface area (Å²) < 4.78 is 18.3. The van der Waals surface area contributed by atoms with Crippen LogP contribution >= 0.6 is 12.4 Å². The molecular formula is C15H24ClFN2O2. The molecule has 21 heavy (non-hydrogen) atoms. The third kappa shape index (κ3) is 7.87. The molecule has 0 aliphatic carbocycles. The van der Waals surface area contributed by atoms with E-state index in [0.29, 0.717) is 24.6 Å². The normalized spacial score (nSPS) is 13.2. The Balaban J connectivity index is 0.00000400. The lowest BCUT2D eigenvalue weighted by Crippen LogP contribution is -2.44. The van der Waals surface area contributed by atoms with Gasteiger partial charge in [0.2, 0.25) is 5.91 Å². The molecular weight excluding hydrogens is 295 g/mol. The van der Waals surface area contributed by atoms with Gasteiger partial charge in [0.05, 0.1) is 12.6 Å². The van der Waals surface area contributed by atoms with Gasteiger partial charge in [-0.1, -0.05) is 13.8 Å². The molecule has 0 radical (unpaired) electrons. The van der Waals surface area contributed by atoms with Crippen LogP contribution in [0.25, 0.3) is 0 Å². The molecule has 1 aromatic carbocycles. The van der Waals surface area contributed by atoms with E-state index in [9.17, 15) is 9.18 Å². The number of hydrogen-bond donors (Lipinski definition) is 2. The summed E-state index contributed by atoms with van der Waals surface area (Å²) in [6.07, 6.45) is 0.439. The highest BCUT2D eigenvalue weighted by molar-refractivity contribution is 5.85. The van der Waals surface area contributed by atoms with Gasteiger partial charge in [0.15, 0.2) is 0 Å². The van der Waals surface area contributed by atoms with Crippen LogP contribution in [-0.4, -0.2) is 24.6 Å². The van der Waals surface area contributed by atoms with Gasteiger partial charge in [0.1, 0.15) is 17.7 Å². The summed E-state index contributed by atoms with van der Waals surface area (Å²) in [5.74, 6) is 0.467. The molecule has 0 aromatic heterocycles. The first kappa shape index (κ1) is 19.7. The van der Waals surface area contributed by atoms with Crippen LogP contribution < -0.4 is 15.8 Å². The second-order valence-electron chi connectivity index (χ2n) is 5.36. The standard InChI is InChI=1S/C15H23FN2O2.ClH/c1-10(2)8-14(17)15(19)18-9-11(3)20-13-6-4-12(16)5-7-13;/h4-7,10-11,14H,8-9,17H2,1-3H3,(H,18,19);1H/t11?,14-;/m0./s1. The van der Waals surface area contributed by atoms with Crippen LogP contribution in [0.2, 0.25) is 0 Å². The number of nitrogens with one attached hydrogen (secondary N) is 1. The van der Waals surface area contributed by atoms with Gasteiger partial charge in [-0.2, -0.15) is 0 Å². The van der Waals surface area contributed by atoms with Crippen LogP contribution in [0.4, 0.5) is 4.39 Å². The second kappa shape index (κ2) is 9.58. The molecule has 4 nitrogen and oxygen atoms in total. The van der Waals surface area contributed by atoms with Gasteiger partial charge < -0.3 is 15.8 Å². The summed E-state index contributed by atoms with van der Waals surface area (Å²) in [4.78, 5) is 11.7. The van der Waals surface area contributed by atoms with E-state index in [1.165, 1.54) is 12.1 Å². The maximum Gasteiger partial charge on any atom is 0.237 e. The minimum Gasteiger partial charge on any atom is -0.489 e. The highest BCUT2D eigenvalue weighted by Crippen LogP contribution is 2.12. The van der Waals surface area contributed by atoms with Crippen molar-refractivity contribution in [3.05, 3.63) is 30.1 Å². The Morgan fingerprint density at radius 2 is 1.86 bits per heavy atom. The number of benzene rings is 1.